The largest absolute Gasteiger partial charge is 0.494 e. The van der Waals surface area contributed by atoms with Crippen LogP contribution in [0.15, 0.2) is 48.5 Å². The van der Waals surface area contributed by atoms with Crippen LogP contribution in [0.4, 0.5) is 0 Å². The van der Waals surface area contributed by atoms with E-state index < -0.39 is 12.1 Å². The fraction of sp³-hybridized carbons (Fsp3) is 0.440. The quantitative estimate of drug-likeness (QED) is 0.469. The van der Waals surface area contributed by atoms with Crippen LogP contribution < -0.4 is 10.1 Å². The van der Waals surface area contributed by atoms with Crippen LogP contribution in [0.1, 0.15) is 22.2 Å². The molecule has 34 heavy (non-hydrogen) atoms. The van der Waals surface area contributed by atoms with Crippen molar-refractivity contribution < 1.29 is 24.1 Å². The van der Waals surface area contributed by atoms with E-state index in [-0.39, 0.29) is 18.2 Å². The third-order valence-electron chi connectivity index (χ3n) is 6.08. The third-order valence-corrected chi connectivity index (χ3v) is 6.08. The zero-order chi connectivity index (χ0) is 23.9. The molecule has 182 valence electrons. The SMILES string of the molecule is COC[C@H](NC(=O)c1nn(CCN2CCOCC2)c2c(OC)cccc12)[C@@H](O)c1ccccc1. The molecule has 9 heteroatoms. The lowest BCUT2D eigenvalue weighted by Gasteiger charge is -2.26. The van der Waals surface area contributed by atoms with Crippen molar-refractivity contribution in [3.05, 3.63) is 59.8 Å². The Hall–Kier alpha value is -2.98. The maximum Gasteiger partial charge on any atom is 0.272 e. The zero-order valence-electron chi connectivity index (χ0n) is 19.6. The molecule has 1 amide bonds. The van der Waals surface area contributed by atoms with Gasteiger partial charge in [-0.2, -0.15) is 5.10 Å². The van der Waals surface area contributed by atoms with Gasteiger partial charge in [0.1, 0.15) is 17.4 Å². The monoisotopic (exact) mass is 468 g/mol. The van der Waals surface area contributed by atoms with Gasteiger partial charge in [0.05, 0.1) is 39.5 Å². The molecule has 2 aromatic carbocycles. The van der Waals surface area contributed by atoms with Gasteiger partial charge >= 0.3 is 0 Å². The summed E-state index contributed by atoms with van der Waals surface area (Å²) >= 11 is 0. The molecule has 0 saturated carbocycles. The summed E-state index contributed by atoms with van der Waals surface area (Å²) in [6, 6.07) is 14.1. The number of para-hydroxylation sites is 1. The number of hydrogen-bond donors (Lipinski definition) is 2. The van der Waals surface area contributed by atoms with Gasteiger partial charge in [0.25, 0.3) is 5.91 Å². The molecule has 9 nitrogen and oxygen atoms in total. The minimum atomic E-state index is -0.922. The Kier molecular flexibility index (Phi) is 8.12. The molecule has 0 radical (unpaired) electrons. The van der Waals surface area contributed by atoms with Crippen molar-refractivity contribution in [2.45, 2.75) is 18.7 Å². The second-order valence-electron chi connectivity index (χ2n) is 8.27. The molecule has 2 atom stereocenters. The first-order chi connectivity index (χ1) is 16.6. The molecule has 1 saturated heterocycles. The Morgan fingerprint density at radius 3 is 2.59 bits per heavy atom. The molecule has 0 bridgehead atoms. The van der Waals surface area contributed by atoms with Crippen LogP contribution in [0, 0.1) is 0 Å². The van der Waals surface area contributed by atoms with Crippen molar-refractivity contribution in [1.82, 2.24) is 20.0 Å². The lowest BCUT2D eigenvalue weighted by molar-refractivity contribution is 0.0361. The maximum absolute atomic E-state index is 13.4. The summed E-state index contributed by atoms with van der Waals surface area (Å²) in [4.78, 5) is 15.7. The molecule has 0 aliphatic carbocycles. The molecule has 1 aliphatic rings. The lowest BCUT2D eigenvalue weighted by atomic mass is 10.0. The second-order valence-corrected chi connectivity index (χ2v) is 8.27. The predicted octanol–water partition coefficient (Wildman–Crippen LogP) is 1.86. The van der Waals surface area contributed by atoms with Gasteiger partial charge in [0.2, 0.25) is 0 Å². The number of methoxy groups -OCH3 is 2. The first-order valence-electron chi connectivity index (χ1n) is 11.5. The summed E-state index contributed by atoms with van der Waals surface area (Å²) in [5.41, 5.74) is 1.76. The van der Waals surface area contributed by atoms with E-state index in [4.69, 9.17) is 14.2 Å². The molecule has 2 heterocycles. The van der Waals surface area contributed by atoms with Crippen molar-refractivity contribution in [1.29, 1.82) is 0 Å². The van der Waals surface area contributed by atoms with Crippen LogP contribution >= 0.6 is 0 Å². The van der Waals surface area contributed by atoms with Crippen LogP contribution in [-0.2, 0) is 16.0 Å². The van der Waals surface area contributed by atoms with E-state index in [0.717, 1.165) is 38.4 Å². The number of carbonyl (C=O) groups is 1. The average Bonchev–Trinajstić information content (AvgIpc) is 3.27. The number of amides is 1. The van der Waals surface area contributed by atoms with Crippen LogP contribution in [-0.4, -0.2) is 85.4 Å². The van der Waals surface area contributed by atoms with Gasteiger partial charge in [-0.1, -0.05) is 42.5 Å². The second kappa shape index (κ2) is 11.4. The standard InChI is InChI=1S/C25H32N4O5/c1-32-17-20(24(30)18-7-4-3-5-8-18)26-25(31)22-19-9-6-10-21(33-2)23(19)29(27-22)12-11-28-13-15-34-16-14-28/h3-10,20,24,30H,11-17H2,1-2H3,(H,26,31)/t20-,24-/m0/s1. The smallest absolute Gasteiger partial charge is 0.272 e. The average molecular weight is 469 g/mol. The summed E-state index contributed by atoms with van der Waals surface area (Å²) in [6.45, 7) is 4.75. The molecule has 0 spiro atoms. The number of ether oxygens (including phenoxy) is 3. The van der Waals surface area contributed by atoms with Crippen molar-refractivity contribution in [3.63, 3.8) is 0 Å². The van der Waals surface area contributed by atoms with E-state index in [1.165, 1.54) is 7.11 Å². The van der Waals surface area contributed by atoms with E-state index in [1.807, 2.05) is 53.2 Å². The van der Waals surface area contributed by atoms with Crippen molar-refractivity contribution in [3.8, 4) is 5.75 Å². The first-order valence-corrected chi connectivity index (χ1v) is 11.5. The van der Waals surface area contributed by atoms with Gasteiger partial charge in [-0.05, 0) is 11.6 Å². The van der Waals surface area contributed by atoms with Gasteiger partial charge in [0, 0.05) is 32.1 Å². The van der Waals surface area contributed by atoms with Gasteiger partial charge in [0.15, 0.2) is 5.69 Å². The Balaban J connectivity index is 1.59. The Labute approximate surface area is 199 Å². The molecule has 1 fully saturated rings. The van der Waals surface area contributed by atoms with E-state index in [9.17, 15) is 9.90 Å². The van der Waals surface area contributed by atoms with E-state index in [0.29, 0.717) is 23.2 Å². The number of morpholine rings is 1. The maximum atomic E-state index is 13.4. The number of hydrogen-bond acceptors (Lipinski definition) is 7. The summed E-state index contributed by atoms with van der Waals surface area (Å²) in [6.07, 6.45) is -0.922. The fourth-order valence-electron chi connectivity index (χ4n) is 4.27. The molecular weight excluding hydrogens is 436 g/mol. The van der Waals surface area contributed by atoms with E-state index in [1.54, 1.807) is 7.11 Å². The first kappa shape index (κ1) is 24.2. The van der Waals surface area contributed by atoms with Gasteiger partial charge in [-0.3, -0.25) is 14.4 Å². The number of benzene rings is 2. The number of rotatable bonds is 10. The van der Waals surface area contributed by atoms with Crippen molar-refractivity contribution in [2.24, 2.45) is 0 Å². The zero-order valence-corrected chi connectivity index (χ0v) is 19.6. The topological polar surface area (TPSA) is 98.1 Å². The number of nitrogens with zero attached hydrogens (tertiary/aromatic N) is 3. The Morgan fingerprint density at radius 2 is 1.88 bits per heavy atom. The highest BCUT2D eigenvalue weighted by atomic mass is 16.5. The number of nitrogens with one attached hydrogen (secondary N) is 1. The number of carbonyl (C=O) groups excluding carboxylic acids is 1. The molecule has 2 N–H and O–H groups in total. The molecular formula is C25H32N4O5. The Bertz CT molecular complexity index is 1080. The predicted molar refractivity (Wildman–Crippen MR) is 128 cm³/mol. The van der Waals surface area contributed by atoms with Crippen molar-refractivity contribution >= 4 is 16.8 Å². The highest BCUT2D eigenvalue weighted by Crippen LogP contribution is 2.28. The van der Waals surface area contributed by atoms with E-state index in [2.05, 4.69) is 15.3 Å². The summed E-state index contributed by atoms with van der Waals surface area (Å²) in [5.74, 6) is 0.282. The molecule has 1 aromatic heterocycles. The normalized spacial score (nSPS) is 16.3. The van der Waals surface area contributed by atoms with Crippen molar-refractivity contribution in [2.75, 3.05) is 53.7 Å². The summed E-state index contributed by atoms with van der Waals surface area (Å²) in [5, 5.41) is 19.2. The highest BCUT2D eigenvalue weighted by Gasteiger charge is 2.27. The molecule has 4 rings (SSSR count). The lowest BCUT2D eigenvalue weighted by Crippen LogP contribution is -2.42. The fourth-order valence-corrected chi connectivity index (χ4v) is 4.27. The summed E-state index contributed by atoms with van der Waals surface area (Å²) < 4.78 is 18.1. The summed E-state index contributed by atoms with van der Waals surface area (Å²) in [7, 11) is 3.15. The number of aromatic nitrogens is 2. The van der Waals surface area contributed by atoms with E-state index >= 15 is 0 Å². The van der Waals surface area contributed by atoms with Crippen LogP contribution in [0.25, 0.3) is 10.9 Å². The number of aliphatic hydroxyl groups excluding tert-OH is 1. The Morgan fingerprint density at radius 1 is 1.12 bits per heavy atom. The van der Waals surface area contributed by atoms with Crippen LogP contribution in [0.5, 0.6) is 5.75 Å². The molecule has 1 aliphatic heterocycles. The molecule has 0 unspecified atom stereocenters. The minimum absolute atomic E-state index is 0.154. The minimum Gasteiger partial charge on any atom is -0.494 e. The third kappa shape index (κ3) is 5.39. The van der Waals surface area contributed by atoms with Gasteiger partial charge < -0.3 is 24.6 Å². The van der Waals surface area contributed by atoms with Gasteiger partial charge in [-0.15, -0.1) is 0 Å². The van der Waals surface area contributed by atoms with Gasteiger partial charge in [-0.25, -0.2) is 0 Å². The number of fused-ring (bicyclic) bond motifs is 1. The highest BCUT2D eigenvalue weighted by molar-refractivity contribution is 6.06. The number of aliphatic hydroxyl groups is 1. The van der Waals surface area contributed by atoms with Crippen LogP contribution in [0.2, 0.25) is 0 Å². The molecule has 3 aromatic rings. The van der Waals surface area contributed by atoms with Crippen LogP contribution in [0.3, 0.4) is 0 Å².